The van der Waals surface area contributed by atoms with Crippen molar-refractivity contribution in [3.05, 3.63) is 103 Å². The minimum atomic E-state index is -0.523. The molecule has 0 unspecified atom stereocenters. The zero-order chi connectivity index (χ0) is 26.0. The van der Waals surface area contributed by atoms with Crippen molar-refractivity contribution < 1.29 is 14.3 Å². The van der Waals surface area contributed by atoms with Gasteiger partial charge in [0.1, 0.15) is 5.60 Å². The fraction of sp³-hybridized carbons (Fsp3) is 0.312. The predicted octanol–water partition coefficient (Wildman–Crippen LogP) is 4.38. The third-order valence-corrected chi connectivity index (χ3v) is 6.90. The predicted molar refractivity (Wildman–Crippen MR) is 146 cm³/mol. The van der Waals surface area contributed by atoms with Crippen LogP contribution in [0.25, 0.3) is 12.2 Å². The fourth-order valence-corrected chi connectivity index (χ4v) is 5.10. The summed E-state index contributed by atoms with van der Waals surface area (Å²) in [4.78, 5) is 24.7. The molecule has 0 aliphatic heterocycles. The fourth-order valence-electron chi connectivity index (χ4n) is 5.10. The van der Waals surface area contributed by atoms with Gasteiger partial charge in [-0.05, 0) is 102 Å². The first-order chi connectivity index (χ1) is 17.8. The van der Waals surface area contributed by atoms with Gasteiger partial charge < -0.3 is 15.4 Å². The van der Waals surface area contributed by atoms with E-state index in [1.807, 2.05) is 57.2 Å². The molecule has 0 bridgehead atoms. The molecule has 0 fully saturated rings. The Bertz CT molecular complexity index is 1560. The van der Waals surface area contributed by atoms with Gasteiger partial charge in [-0.3, -0.25) is 4.79 Å². The number of carbonyl (C=O) groups is 2. The van der Waals surface area contributed by atoms with Crippen LogP contribution < -0.4 is 21.1 Å². The Balaban J connectivity index is 1.24. The third kappa shape index (κ3) is 5.77. The van der Waals surface area contributed by atoms with Crippen LogP contribution in [0.1, 0.15) is 66.2 Å². The van der Waals surface area contributed by atoms with Crippen molar-refractivity contribution in [3.63, 3.8) is 0 Å². The van der Waals surface area contributed by atoms with Crippen LogP contribution in [0.2, 0.25) is 0 Å². The van der Waals surface area contributed by atoms with Crippen molar-refractivity contribution >= 4 is 24.2 Å². The van der Waals surface area contributed by atoms with Gasteiger partial charge in [-0.25, -0.2) is 4.79 Å². The smallest absolute Gasteiger partial charge is 0.407 e. The number of nitrogens with one attached hydrogen (secondary N) is 2. The minimum absolute atomic E-state index is 0.0855. The minimum Gasteiger partial charge on any atom is -0.444 e. The average molecular weight is 495 g/mol. The Morgan fingerprint density at radius 1 is 0.811 bits per heavy atom. The Morgan fingerprint density at radius 2 is 1.51 bits per heavy atom. The lowest BCUT2D eigenvalue weighted by Gasteiger charge is -2.19. The summed E-state index contributed by atoms with van der Waals surface area (Å²) in [6.45, 7) is 6.33. The molecule has 3 aromatic carbocycles. The van der Waals surface area contributed by atoms with Crippen molar-refractivity contribution in [3.8, 4) is 0 Å². The molecule has 0 saturated heterocycles. The molecule has 3 aromatic rings. The topological polar surface area (TPSA) is 67.4 Å². The van der Waals surface area contributed by atoms with E-state index < -0.39 is 11.7 Å². The summed E-state index contributed by atoms with van der Waals surface area (Å²) < 4.78 is 5.26. The molecule has 2 N–H and O–H groups in total. The zero-order valence-corrected chi connectivity index (χ0v) is 21.8. The zero-order valence-electron chi connectivity index (χ0n) is 21.8. The second kappa shape index (κ2) is 10.3. The van der Waals surface area contributed by atoms with E-state index in [1.54, 1.807) is 0 Å². The number of alkyl carbamates (subject to hydrolysis) is 1. The lowest BCUT2D eigenvalue weighted by molar-refractivity contribution is 0.0523. The largest absolute Gasteiger partial charge is 0.444 e. The maximum absolute atomic E-state index is 12.9. The highest BCUT2D eigenvalue weighted by Gasteiger charge is 2.16. The lowest BCUT2D eigenvalue weighted by Crippen LogP contribution is -2.32. The molecule has 5 rings (SSSR count). The molecular weight excluding hydrogens is 460 g/mol. The van der Waals surface area contributed by atoms with Gasteiger partial charge >= 0.3 is 6.09 Å². The normalized spacial score (nSPS) is 13.7. The Labute approximate surface area is 217 Å². The molecule has 2 aliphatic carbocycles. The first-order valence-electron chi connectivity index (χ1n) is 13.1. The van der Waals surface area contributed by atoms with Crippen LogP contribution in [0.5, 0.6) is 0 Å². The van der Waals surface area contributed by atoms with Crippen LogP contribution in [0.4, 0.5) is 4.79 Å². The molecule has 0 aromatic heterocycles. The number of fused-ring (bicyclic) bond motifs is 4. The maximum Gasteiger partial charge on any atom is 0.407 e. The lowest BCUT2D eigenvalue weighted by atomic mass is 9.88. The van der Waals surface area contributed by atoms with E-state index in [2.05, 4.69) is 41.0 Å². The van der Waals surface area contributed by atoms with Gasteiger partial charge in [-0.2, -0.15) is 0 Å². The number of carbonyl (C=O) groups excluding carboxylic acids is 2. The molecule has 5 heteroatoms. The van der Waals surface area contributed by atoms with E-state index in [-0.39, 0.29) is 5.91 Å². The summed E-state index contributed by atoms with van der Waals surface area (Å²) >= 11 is 0. The molecule has 2 aliphatic rings. The van der Waals surface area contributed by atoms with Gasteiger partial charge in [0, 0.05) is 18.7 Å². The number of ether oxygens (including phenoxy) is 1. The Kier molecular flexibility index (Phi) is 6.88. The molecule has 190 valence electrons. The van der Waals surface area contributed by atoms with Crippen LogP contribution >= 0.6 is 0 Å². The second-order valence-electron chi connectivity index (χ2n) is 10.8. The average Bonchev–Trinajstić information content (AvgIpc) is 2.89. The highest BCUT2D eigenvalue weighted by Crippen LogP contribution is 2.18. The molecule has 0 saturated carbocycles. The van der Waals surface area contributed by atoms with Gasteiger partial charge in [-0.1, -0.05) is 54.6 Å². The highest BCUT2D eigenvalue weighted by atomic mass is 16.6. The SMILES string of the molecule is CC(C)(C)OC(=O)NCc1ccc(CNC(=O)c2ccc3c(c2)=CCc2c4c(ccc2=3)=CCCC4)cc1. The van der Waals surface area contributed by atoms with Gasteiger partial charge in [-0.15, -0.1) is 0 Å². The first-order valence-corrected chi connectivity index (χ1v) is 13.1. The maximum atomic E-state index is 12.9. The number of hydrogen-bond donors (Lipinski definition) is 2. The Hall–Kier alpha value is -3.86. The van der Waals surface area contributed by atoms with E-state index in [9.17, 15) is 9.59 Å². The number of rotatable bonds is 5. The van der Waals surface area contributed by atoms with E-state index in [4.69, 9.17) is 4.74 Å². The van der Waals surface area contributed by atoms with Crippen molar-refractivity contribution in [1.29, 1.82) is 0 Å². The van der Waals surface area contributed by atoms with Crippen molar-refractivity contribution in [2.75, 3.05) is 0 Å². The first kappa shape index (κ1) is 24.8. The number of hydrogen-bond acceptors (Lipinski definition) is 3. The summed E-state index contributed by atoms with van der Waals surface area (Å²) in [5.74, 6) is -0.0855. The molecule has 0 heterocycles. The molecule has 2 amide bonds. The van der Waals surface area contributed by atoms with Crippen LogP contribution in [0.3, 0.4) is 0 Å². The monoisotopic (exact) mass is 494 g/mol. The van der Waals surface area contributed by atoms with Crippen molar-refractivity contribution in [2.24, 2.45) is 0 Å². The number of benzene rings is 3. The van der Waals surface area contributed by atoms with Crippen LogP contribution in [0, 0.1) is 10.4 Å². The van der Waals surface area contributed by atoms with Gasteiger partial charge in [0.2, 0.25) is 0 Å². The van der Waals surface area contributed by atoms with E-state index in [1.165, 1.54) is 39.6 Å². The highest BCUT2D eigenvalue weighted by molar-refractivity contribution is 5.94. The summed E-state index contributed by atoms with van der Waals surface area (Å²) in [7, 11) is 0. The van der Waals surface area contributed by atoms with E-state index >= 15 is 0 Å². The standard InChI is InChI=1S/C32H34N2O3/c1-32(2,3)37-31(36)34-20-22-10-8-21(9-11-22)19-33-30(35)25-14-15-27-24(18-25)13-17-28-26-7-5-4-6-23(26)12-16-29(27)28/h6,8-16,18H,4-5,7,17,19-20H2,1-3H3,(H,33,35)(H,34,36). The molecule has 37 heavy (non-hydrogen) atoms. The molecule has 5 nitrogen and oxygen atoms in total. The molecule has 0 spiro atoms. The summed E-state index contributed by atoms with van der Waals surface area (Å²) in [5, 5.41) is 10.8. The van der Waals surface area contributed by atoms with Gasteiger partial charge in [0.15, 0.2) is 0 Å². The Morgan fingerprint density at radius 3 is 2.24 bits per heavy atom. The summed E-state index contributed by atoms with van der Waals surface area (Å²) in [5.41, 5.74) is 5.05. The van der Waals surface area contributed by atoms with E-state index in [0.29, 0.717) is 18.7 Å². The quantitative estimate of drug-likeness (QED) is 0.553. The van der Waals surface area contributed by atoms with Gasteiger partial charge in [0.05, 0.1) is 0 Å². The van der Waals surface area contributed by atoms with Crippen molar-refractivity contribution in [2.45, 2.75) is 65.1 Å². The molecule has 0 atom stereocenters. The molecule has 0 radical (unpaired) electrons. The van der Waals surface area contributed by atoms with Crippen LogP contribution in [-0.4, -0.2) is 17.6 Å². The van der Waals surface area contributed by atoms with E-state index in [0.717, 1.165) is 29.2 Å². The summed E-state index contributed by atoms with van der Waals surface area (Å²) in [6, 6.07) is 18.3. The van der Waals surface area contributed by atoms with Gasteiger partial charge in [0.25, 0.3) is 5.91 Å². The second-order valence-corrected chi connectivity index (χ2v) is 10.8. The number of amides is 2. The summed E-state index contributed by atoms with van der Waals surface area (Å²) in [6.07, 6.45) is 8.64. The molecular formula is C32H34N2O3. The van der Waals surface area contributed by atoms with Crippen LogP contribution in [-0.2, 0) is 30.7 Å². The van der Waals surface area contributed by atoms with Crippen LogP contribution in [0.15, 0.2) is 54.6 Å². The third-order valence-electron chi connectivity index (χ3n) is 6.90. The van der Waals surface area contributed by atoms with Crippen molar-refractivity contribution in [1.82, 2.24) is 10.6 Å².